The lowest BCUT2D eigenvalue weighted by molar-refractivity contribution is -0.116. The number of nitrogens with one attached hydrogen (secondary N) is 1. The fraction of sp³-hybridized carbons (Fsp3) is 0.143. The van der Waals surface area contributed by atoms with Crippen molar-refractivity contribution in [1.29, 1.82) is 0 Å². The van der Waals surface area contributed by atoms with Gasteiger partial charge >= 0.3 is 0 Å². The van der Waals surface area contributed by atoms with Gasteiger partial charge in [-0.1, -0.05) is 36.4 Å². The molecule has 3 nitrogen and oxygen atoms in total. The van der Waals surface area contributed by atoms with Crippen LogP contribution < -0.4 is 5.32 Å². The fourth-order valence-corrected chi connectivity index (χ4v) is 2.74. The molecule has 1 aromatic heterocycles. The first-order chi connectivity index (χ1) is 9.20. The van der Waals surface area contributed by atoms with Crippen LogP contribution in [0.25, 0.3) is 10.6 Å². The molecule has 5 heteroatoms. The average molecular weight is 293 g/mol. The summed E-state index contributed by atoms with van der Waals surface area (Å²) in [7, 11) is 0. The van der Waals surface area contributed by atoms with E-state index in [1.54, 1.807) is 11.3 Å². The van der Waals surface area contributed by atoms with Crippen molar-refractivity contribution in [3.8, 4) is 10.6 Å². The smallest absolute Gasteiger partial charge is 0.243 e. The minimum Gasteiger partial charge on any atom is -0.352 e. The molecule has 2 rings (SSSR count). The predicted molar refractivity (Wildman–Crippen MR) is 79.5 cm³/mol. The number of benzene rings is 1. The van der Waals surface area contributed by atoms with Crippen LogP contribution >= 0.6 is 22.9 Å². The van der Waals surface area contributed by atoms with Crippen LogP contribution in [0.3, 0.4) is 0 Å². The van der Waals surface area contributed by atoms with Crippen molar-refractivity contribution in [1.82, 2.24) is 10.3 Å². The van der Waals surface area contributed by atoms with E-state index in [9.17, 15) is 4.79 Å². The quantitative estimate of drug-likeness (QED) is 0.859. The van der Waals surface area contributed by atoms with Crippen molar-refractivity contribution < 1.29 is 4.79 Å². The highest BCUT2D eigenvalue weighted by atomic mass is 35.5. The predicted octanol–water partition coefficient (Wildman–Crippen LogP) is 3.31. The Bertz CT molecular complexity index is 595. The summed E-state index contributed by atoms with van der Waals surface area (Å²) in [4.78, 5) is 15.5. The maximum absolute atomic E-state index is 11.0. The summed E-state index contributed by atoms with van der Waals surface area (Å²) in [5, 5.41) is 6.30. The molecule has 0 saturated carbocycles. The van der Waals surface area contributed by atoms with E-state index >= 15 is 0 Å². The monoisotopic (exact) mass is 292 g/mol. The third-order valence-corrected chi connectivity index (χ3v) is 3.78. The van der Waals surface area contributed by atoms with E-state index < -0.39 is 0 Å². The molecule has 0 unspecified atom stereocenters. The van der Waals surface area contributed by atoms with Crippen molar-refractivity contribution in [2.75, 3.05) is 6.54 Å². The second-order valence-corrected chi connectivity index (χ2v) is 5.13. The third-order valence-electron chi connectivity index (χ3n) is 2.52. The summed E-state index contributed by atoms with van der Waals surface area (Å²) >= 11 is 7.68. The first kappa shape index (κ1) is 13.8. The van der Waals surface area contributed by atoms with Gasteiger partial charge in [-0.2, -0.15) is 0 Å². The second-order valence-electron chi connectivity index (χ2n) is 3.87. The fourth-order valence-electron chi connectivity index (χ4n) is 1.57. The largest absolute Gasteiger partial charge is 0.352 e. The van der Waals surface area contributed by atoms with Gasteiger partial charge in [-0.25, -0.2) is 4.98 Å². The zero-order chi connectivity index (χ0) is 13.7. The van der Waals surface area contributed by atoms with Crippen molar-refractivity contribution in [3.05, 3.63) is 53.0 Å². The molecule has 1 heterocycles. The van der Waals surface area contributed by atoms with Crippen LogP contribution in [0, 0.1) is 0 Å². The molecular formula is C14H13ClN2OS. The average Bonchev–Trinajstić information content (AvgIpc) is 2.87. The molecule has 0 fully saturated rings. The van der Waals surface area contributed by atoms with E-state index in [0.29, 0.717) is 18.0 Å². The first-order valence-corrected chi connectivity index (χ1v) is 7.06. The summed E-state index contributed by atoms with van der Waals surface area (Å²) in [5.74, 6) is -0.165. The molecule has 98 valence electrons. The lowest BCUT2D eigenvalue weighted by Crippen LogP contribution is -2.23. The Morgan fingerprint density at radius 3 is 3.00 bits per heavy atom. The van der Waals surface area contributed by atoms with Crippen LogP contribution in [0.2, 0.25) is 5.02 Å². The third kappa shape index (κ3) is 3.66. The molecule has 0 aliphatic heterocycles. The molecule has 0 aliphatic rings. The highest BCUT2D eigenvalue weighted by molar-refractivity contribution is 7.13. The second kappa shape index (κ2) is 6.50. The topological polar surface area (TPSA) is 42.0 Å². The van der Waals surface area contributed by atoms with Gasteiger partial charge in [-0.05, 0) is 12.1 Å². The zero-order valence-corrected chi connectivity index (χ0v) is 11.8. The molecular weight excluding hydrogens is 280 g/mol. The lowest BCUT2D eigenvalue weighted by atomic mass is 10.2. The van der Waals surface area contributed by atoms with Crippen LogP contribution in [-0.4, -0.2) is 17.4 Å². The Morgan fingerprint density at radius 1 is 1.47 bits per heavy atom. The summed E-state index contributed by atoms with van der Waals surface area (Å²) in [6.07, 6.45) is 1.96. The maximum atomic E-state index is 11.0. The molecule has 1 aromatic carbocycles. The van der Waals surface area contributed by atoms with Crippen LogP contribution in [0.5, 0.6) is 0 Å². The standard InChI is InChI=1S/C14H13ClN2OS/c1-2-13(18)16-8-7-10-9-19-14(17-10)11-5-3-4-6-12(11)15/h2-6,9H,1,7-8H2,(H,16,18). The molecule has 1 N–H and O–H groups in total. The van der Waals surface area contributed by atoms with E-state index in [2.05, 4.69) is 16.9 Å². The number of aromatic nitrogens is 1. The van der Waals surface area contributed by atoms with E-state index in [-0.39, 0.29) is 5.91 Å². The molecule has 0 atom stereocenters. The lowest BCUT2D eigenvalue weighted by Gasteiger charge is -2.00. The van der Waals surface area contributed by atoms with E-state index in [1.165, 1.54) is 6.08 Å². The van der Waals surface area contributed by atoms with Gasteiger partial charge < -0.3 is 5.32 Å². The van der Waals surface area contributed by atoms with Crippen LogP contribution in [0.4, 0.5) is 0 Å². The van der Waals surface area contributed by atoms with Gasteiger partial charge in [0.25, 0.3) is 0 Å². The van der Waals surface area contributed by atoms with Crippen LogP contribution in [0.1, 0.15) is 5.69 Å². The highest BCUT2D eigenvalue weighted by Crippen LogP contribution is 2.29. The van der Waals surface area contributed by atoms with Gasteiger partial charge in [0.05, 0.1) is 10.7 Å². The summed E-state index contributed by atoms with van der Waals surface area (Å²) in [5.41, 5.74) is 1.89. The van der Waals surface area contributed by atoms with Crippen molar-refractivity contribution in [2.45, 2.75) is 6.42 Å². The number of carbonyl (C=O) groups is 1. The van der Waals surface area contributed by atoms with Crippen molar-refractivity contribution in [3.63, 3.8) is 0 Å². The number of hydrogen-bond acceptors (Lipinski definition) is 3. The van der Waals surface area contributed by atoms with Gasteiger partial charge in [-0.15, -0.1) is 11.3 Å². The highest BCUT2D eigenvalue weighted by Gasteiger charge is 2.07. The van der Waals surface area contributed by atoms with Crippen LogP contribution in [0.15, 0.2) is 42.3 Å². The van der Waals surface area contributed by atoms with E-state index in [4.69, 9.17) is 11.6 Å². The summed E-state index contributed by atoms with van der Waals surface area (Å²) < 4.78 is 0. The summed E-state index contributed by atoms with van der Waals surface area (Å²) in [6.45, 7) is 3.95. The van der Waals surface area contributed by atoms with E-state index in [0.717, 1.165) is 16.3 Å². The summed E-state index contributed by atoms with van der Waals surface area (Å²) in [6, 6.07) is 7.63. The molecule has 19 heavy (non-hydrogen) atoms. The maximum Gasteiger partial charge on any atom is 0.243 e. The van der Waals surface area contributed by atoms with Gasteiger partial charge in [-0.3, -0.25) is 4.79 Å². The molecule has 0 aliphatic carbocycles. The Labute approximate surface area is 120 Å². The number of halogens is 1. The minimum absolute atomic E-state index is 0.165. The molecule has 0 saturated heterocycles. The van der Waals surface area contributed by atoms with Gasteiger partial charge in [0, 0.05) is 23.9 Å². The number of carbonyl (C=O) groups excluding carboxylic acids is 1. The minimum atomic E-state index is -0.165. The number of hydrogen-bond donors (Lipinski definition) is 1. The van der Waals surface area contributed by atoms with Crippen molar-refractivity contribution in [2.24, 2.45) is 0 Å². The zero-order valence-electron chi connectivity index (χ0n) is 10.2. The van der Waals surface area contributed by atoms with Crippen LogP contribution in [-0.2, 0) is 11.2 Å². The first-order valence-electron chi connectivity index (χ1n) is 5.80. The molecule has 0 spiro atoms. The number of rotatable bonds is 5. The Kier molecular flexibility index (Phi) is 4.71. The molecule has 2 aromatic rings. The van der Waals surface area contributed by atoms with E-state index in [1.807, 2.05) is 29.6 Å². The molecule has 0 bridgehead atoms. The van der Waals surface area contributed by atoms with Gasteiger partial charge in [0.1, 0.15) is 5.01 Å². The van der Waals surface area contributed by atoms with Gasteiger partial charge in [0.15, 0.2) is 0 Å². The Morgan fingerprint density at radius 2 is 2.26 bits per heavy atom. The normalized spacial score (nSPS) is 10.2. The van der Waals surface area contributed by atoms with Crippen molar-refractivity contribution >= 4 is 28.8 Å². The Balaban J connectivity index is 2.01. The van der Waals surface area contributed by atoms with Gasteiger partial charge in [0.2, 0.25) is 5.91 Å². The molecule has 1 amide bonds. The number of nitrogens with zero attached hydrogens (tertiary/aromatic N) is 1. The Hall–Kier alpha value is -1.65. The SMILES string of the molecule is C=CC(=O)NCCc1csc(-c2ccccc2Cl)n1. The number of thiazole rings is 1. The number of amides is 1. The molecule has 0 radical (unpaired) electrons.